The zero-order chi connectivity index (χ0) is 20.1. The molecule has 3 rings (SSSR count). The van der Waals surface area contributed by atoms with Crippen LogP contribution in [0.1, 0.15) is 0 Å². The third kappa shape index (κ3) is 4.39. The highest BCUT2D eigenvalue weighted by Crippen LogP contribution is 2.39. The Balaban J connectivity index is 1.97. The first-order chi connectivity index (χ1) is 13.6. The first kappa shape index (κ1) is 20.8. The highest BCUT2D eigenvalue weighted by atomic mass is 35.5. The average Bonchev–Trinajstić information content (AvgIpc) is 2.71. The monoisotopic (exact) mass is 423 g/mol. The lowest BCUT2D eigenvalue weighted by Crippen LogP contribution is -2.57. The molecule has 3 heterocycles. The maximum absolute atomic E-state index is 10.3. The van der Waals surface area contributed by atoms with E-state index < -0.39 is 36.4 Å². The van der Waals surface area contributed by atoms with Crippen molar-refractivity contribution in [1.82, 2.24) is 9.97 Å². The maximum Gasteiger partial charge on any atom is 0.135 e. The molecule has 0 spiro atoms. The van der Waals surface area contributed by atoms with Gasteiger partial charge in [-0.15, -0.1) is 0 Å². The third-order valence-electron chi connectivity index (χ3n) is 4.25. The lowest BCUT2D eigenvalue weighted by atomic mass is 9.98. The first-order valence-electron chi connectivity index (χ1n) is 8.34. The smallest absolute Gasteiger partial charge is 0.135 e. The summed E-state index contributed by atoms with van der Waals surface area (Å²) in [7, 11) is 1.43. The first-order valence-corrected chi connectivity index (χ1v) is 9.59. The van der Waals surface area contributed by atoms with Crippen LogP contribution >= 0.6 is 23.4 Å². The van der Waals surface area contributed by atoms with Gasteiger partial charge in [-0.2, -0.15) is 0 Å². The number of hydrogen-bond donors (Lipinski definition) is 2. The van der Waals surface area contributed by atoms with E-state index in [0.29, 0.717) is 21.3 Å². The zero-order valence-corrected chi connectivity index (χ0v) is 16.4. The predicted molar refractivity (Wildman–Crippen MR) is 104 cm³/mol. The van der Waals surface area contributed by atoms with Gasteiger partial charge in [0.1, 0.15) is 23.3 Å². The summed E-state index contributed by atoms with van der Waals surface area (Å²) >= 11 is 7.38. The number of nitrogens with zero attached hydrogens (tertiary/aromatic N) is 5. The molecule has 0 aromatic carbocycles. The summed E-state index contributed by atoms with van der Waals surface area (Å²) in [6, 6.07) is 6.26. The highest BCUT2D eigenvalue weighted by molar-refractivity contribution is 8.00. The van der Waals surface area contributed by atoms with E-state index in [1.165, 1.54) is 25.1 Å². The summed E-state index contributed by atoms with van der Waals surface area (Å²) in [6.07, 6.45) is 0.300. The van der Waals surface area contributed by atoms with Crippen molar-refractivity contribution in [3.63, 3.8) is 0 Å². The number of pyridine rings is 2. The molecule has 2 unspecified atom stereocenters. The van der Waals surface area contributed by atoms with Gasteiger partial charge in [0, 0.05) is 29.3 Å². The molecule has 28 heavy (non-hydrogen) atoms. The van der Waals surface area contributed by atoms with E-state index >= 15 is 0 Å². The number of aliphatic hydroxyl groups is 2. The van der Waals surface area contributed by atoms with Gasteiger partial charge in [0.15, 0.2) is 0 Å². The molecule has 1 saturated heterocycles. The van der Waals surface area contributed by atoms with Gasteiger partial charge in [-0.1, -0.05) is 34.5 Å². The van der Waals surface area contributed by atoms with Gasteiger partial charge in [-0.05, 0) is 23.7 Å². The molecule has 0 aliphatic carbocycles. The number of aliphatic hydroxyl groups excluding tert-OH is 2. The second kappa shape index (κ2) is 9.53. The summed E-state index contributed by atoms with van der Waals surface area (Å²) < 4.78 is 11.3. The maximum atomic E-state index is 10.3. The summed E-state index contributed by atoms with van der Waals surface area (Å²) in [5, 5.41) is 24.0. The Morgan fingerprint density at radius 1 is 1.43 bits per heavy atom. The average molecular weight is 424 g/mol. The Hall–Kier alpha value is -1.91. The second-order valence-corrected chi connectivity index (χ2v) is 7.52. The van der Waals surface area contributed by atoms with E-state index in [4.69, 9.17) is 26.6 Å². The van der Waals surface area contributed by atoms with Crippen molar-refractivity contribution >= 4 is 23.4 Å². The van der Waals surface area contributed by atoms with Gasteiger partial charge in [0.2, 0.25) is 0 Å². The van der Waals surface area contributed by atoms with Crippen molar-refractivity contribution in [3.8, 4) is 11.4 Å². The quantitative estimate of drug-likeness (QED) is 0.414. The number of hydrogen-bond acceptors (Lipinski definition) is 8. The number of ether oxygens (including phenoxy) is 2. The SMILES string of the molecule is COC1[C@@H](Sc2cc(Cl)cnc2-c2ccccn2)OC(CO)[C@H](O)[C@@H]1N=[N+]=[N-]. The Morgan fingerprint density at radius 3 is 2.89 bits per heavy atom. The summed E-state index contributed by atoms with van der Waals surface area (Å²) in [5.74, 6) is 0. The fourth-order valence-corrected chi connectivity index (χ4v) is 4.47. The van der Waals surface area contributed by atoms with Crippen LogP contribution in [0.4, 0.5) is 0 Å². The molecule has 1 fully saturated rings. The molecule has 1 aliphatic heterocycles. The van der Waals surface area contributed by atoms with Crippen molar-refractivity contribution in [2.75, 3.05) is 13.7 Å². The molecule has 0 radical (unpaired) electrons. The number of aromatic nitrogens is 2. The molecule has 2 N–H and O–H groups in total. The number of methoxy groups -OCH3 is 1. The van der Waals surface area contributed by atoms with Crippen molar-refractivity contribution in [2.45, 2.75) is 34.7 Å². The molecule has 2 aromatic heterocycles. The van der Waals surface area contributed by atoms with Crippen LogP contribution in [0.5, 0.6) is 0 Å². The van der Waals surface area contributed by atoms with E-state index in [1.54, 1.807) is 18.3 Å². The highest BCUT2D eigenvalue weighted by Gasteiger charge is 2.45. The van der Waals surface area contributed by atoms with Gasteiger partial charge >= 0.3 is 0 Å². The van der Waals surface area contributed by atoms with Crippen LogP contribution in [0.2, 0.25) is 5.02 Å². The molecule has 1 aliphatic rings. The standard InChI is InChI=1S/C17H18ClN5O4S/c1-26-16-14(22-23-19)15(25)11(8-24)27-17(16)28-12-6-9(18)7-21-13(12)10-4-2-3-5-20-10/h2-7,11,14-17,24-25H,8H2,1H3/t11?,14-,15-,16?,17+/m0/s1. The van der Waals surface area contributed by atoms with Gasteiger partial charge in [-0.3, -0.25) is 9.97 Å². The summed E-state index contributed by atoms with van der Waals surface area (Å²) in [4.78, 5) is 12.2. The number of thioether (sulfide) groups is 1. The molecule has 0 amide bonds. The van der Waals surface area contributed by atoms with Crippen LogP contribution in [-0.4, -0.2) is 63.7 Å². The molecule has 9 nitrogen and oxygen atoms in total. The van der Waals surface area contributed by atoms with Crippen LogP contribution in [0.15, 0.2) is 46.7 Å². The van der Waals surface area contributed by atoms with Crippen molar-refractivity contribution in [2.24, 2.45) is 5.11 Å². The van der Waals surface area contributed by atoms with Crippen molar-refractivity contribution in [1.29, 1.82) is 0 Å². The largest absolute Gasteiger partial charge is 0.394 e. The summed E-state index contributed by atoms with van der Waals surface area (Å²) in [5.41, 5.74) is 9.42. The number of halogens is 1. The molecule has 5 atom stereocenters. The molecule has 11 heteroatoms. The zero-order valence-electron chi connectivity index (χ0n) is 14.8. The lowest BCUT2D eigenvalue weighted by molar-refractivity contribution is -0.167. The van der Waals surface area contributed by atoms with Crippen LogP contribution in [0.25, 0.3) is 21.8 Å². The minimum atomic E-state index is -1.20. The van der Waals surface area contributed by atoms with Gasteiger partial charge < -0.3 is 19.7 Å². The molecular formula is C17H18ClN5O4S. The van der Waals surface area contributed by atoms with Crippen LogP contribution < -0.4 is 0 Å². The third-order valence-corrected chi connectivity index (χ3v) is 5.64. The van der Waals surface area contributed by atoms with E-state index in [9.17, 15) is 10.2 Å². The van der Waals surface area contributed by atoms with Gasteiger partial charge in [0.25, 0.3) is 0 Å². The molecule has 0 bridgehead atoms. The normalized spacial score (nSPS) is 27.2. The van der Waals surface area contributed by atoms with Crippen LogP contribution in [-0.2, 0) is 9.47 Å². The Labute approximate surface area is 170 Å². The minimum Gasteiger partial charge on any atom is -0.394 e. The Morgan fingerprint density at radius 2 is 2.25 bits per heavy atom. The number of rotatable bonds is 6. The molecular weight excluding hydrogens is 406 g/mol. The van der Waals surface area contributed by atoms with Gasteiger partial charge in [0.05, 0.1) is 29.5 Å². The topological polar surface area (TPSA) is 133 Å². The minimum absolute atomic E-state index is 0.428. The van der Waals surface area contributed by atoms with E-state index in [-0.39, 0.29) is 0 Å². The van der Waals surface area contributed by atoms with Crippen LogP contribution in [0, 0.1) is 0 Å². The van der Waals surface area contributed by atoms with E-state index in [0.717, 1.165) is 0 Å². The van der Waals surface area contributed by atoms with Crippen molar-refractivity contribution < 1.29 is 19.7 Å². The van der Waals surface area contributed by atoms with Crippen LogP contribution in [0.3, 0.4) is 0 Å². The van der Waals surface area contributed by atoms with E-state index in [2.05, 4.69) is 20.0 Å². The molecule has 148 valence electrons. The molecule has 0 saturated carbocycles. The Bertz CT molecular complexity index is 855. The second-order valence-electron chi connectivity index (χ2n) is 5.95. The Kier molecular flexibility index (Phi) is 7.08. The van der Waals surface area contributed by atoms with E-state index in [1.807, 2.05) is 12.1 Å². The number of azide groups is 1. The molecule has 2 aromatic rings. The lowest BCUT2D eigenvalue weighted by Gasteiger charge is -2.41. The predicted octanol–water partition coefficient (Wildman–Crippen LogP) is 2.66. The van der Waals surface area contributed by atoms with Crippen molar-refractivity contribution in [3.05, 3.63) is 52.1 Å². The van der Waals surface area contributed by atoms with Gasteiger partial charge in [-0.25, -0.2) is 0 Å². The fourth-order valence-electron chi connectivity index (χ4n) is 2.93. The fraction of sp³-hybridized carbons (Fsp3) is 0.412. The summed E-state index contributed by atoms with van der Waals surface area (Å²) in [6.45, 7) is -0.437.